The van der Waals surface area contributed by atoms with E-state index >= 15 is 0 Å². The summed E-state index contributed by atoms with van der Waals surface area (Å²) in [7, 11) is 0. The van der Waals surface area contributed by atoms with Crippen LogP contribution in [0.25, 0.3) is 11.1 Å². The van der Waals surface area contributed by atoms with Crippen molar-refractivity contribution in [2.45, 2.75) is 43.7 Å². The van der Waals surface area contributed by atoms with Gasteiger partial charge in [0.25, 0.3) is 0 Å². The quantitative estimate of drug-likeness (QED) is 0.418. The number of fused-ring (bicyclic) bond motifs is 5. The molecule has 0 amide bonds. The first-order chi connectivity index (χ1) is 11.8. The smallest absolute Gasteiger partial charge is 0.123 e. The first-order valence-corrected chi connectivity index (χ1v) is 8.21. The van der Waals surface area contributed by atoms with E-state index in [0.717, 1.165) is 0 Å². The molecule has 1 aliphatic rings. The molecule has 0 aromatic heterocycles. The van der Waals surface area contributed by atoms with E-state index in [0.29, 0.717) is 22.3 Å². The van der Waals surface area contributed by atoms with Crippen LogP contribution in [0.15, 0.2) is 36.4 Å². The van der Waals surface area contributed by atoms with Crippen molar-refractivity contribution in [3.63, 3.8) is 0 Å². The molecule has 6 nitrogen and oxygen atoms in total. The number of hydrogen-bond acceptors (Lipinski definition) is 6. The molecular formula is C19H22O6. The fraction of sp³-hybridized carbons (Fsp3) is 0.368. The van der Waals surface area contributed by atoms with Gasteiger partial charge in [0.15, 0.2) is 0 Å². The number of phenols is 2. The predicted molar refractivity (Wildman–Crippen MR) is 91.3 cm³/mol. The number of phenolic OH excluding ortho intramolecular Hbond substituents is 2. The fourth-order valence-electron chi connectivity index (χ4n) is 3.17. The average molecular weight is 346 g/mol. The third kappa shape index (κ3) is 3.77. The molecule has 0 spiro atoms. The molecule has 0 unspecified atom stereocenters. The normalized spacial score (nSPS) is 27.0. The van der Waals surface area contributed by atoms with Crippen LogP contribution in [0.5, 0.6) is 11.5 Å². The number of aromatic hydroxyl groups is 2. The van der Waals surface area contributed by atoms with Crippen LogP contribution in [-0.2, 0) is 12.8 Å². The van der Waals surface area contributed by atoms with Gasteiger partial charge in [0, 0.05) is 30.4 Å². The molecule has 2 aromatic rings. The summed E-state index contributed by atoms with van der Waals surface area (Å²) in [5, 5.41) is 60.9. The standard InChI is InChI=1S/C19H22O6/c20-14-3-1-10-5-12(14)13-6-11(2-4-15(13)21)8-17(23)19(25)9-18(24)16(22)7-10/h1-6,16-25H,7-9H2/t16-,17-,18+,19+/m0/s1. The first kappa shape index (κ1) is 17.7. The number of benzene rings is 2. The van der Waals surface area contributed by atoms with Crippen molar-refractivity contribution in [1.29, 1.82) is 0 Å². The number of aliphatic hydroxyl groups is 4. The lowest BCUT2D eigenvalue weighted by Gasteiger charge is -2.23. The summed E-state index contributed by atoms with van der Waals surface area (Å²) in [5.41, 5.74) is 2.12. The Morgan fingerprint density at radius 2 is 1.00 bits per heavy atom. The van der Waals surface area contributed by atoms with Gasteiger partial charge in [-0.2, -0.15) is 0 Å². The van der Waals surface area contributed by atoms with Gasteiger partial charge in [-0.1, -0.05) is 12.1 Å². The van der Waals surface area contributed by atoms with E-state index in [2.05, 4.69) is 0 Å². The van der Waals surface area contributed by atoms with E-state index in [-0.39, 0.29) is 30.8 Å². The van der Waals surface area contributed by atoms with Gasteiger partial charge in [0.05, 0.1) is 24.4 Å². The van der Waals surface area contributed by atoms with Crippen LogP contribution in [0.4, 0.5) is 0 Å². The third-order valence-corrected chi connectivity index (χ3v) is 4.67. The van der Waals surface area contributed by atoms with E-state index < -0.39 is 24.4 Å². The van der Waals surface area contributed by atoms with Crippen molar-refractivity contribution in [1.82, 2.24) is 0 Å². The van der Waals surface area contributed by atoms with Gasteiger partial charge in [0.2, 0.25) is 0 Å². The molecule has 0 aliphatic heterocycles. The fourth-order valence-corrected chi connectivity index (χ4v) is 3.17. The van der Waals surface area contributed by atoms with E-state index in [1.54, 1.807) is 24.3 Å². The zero-order valence-corrected chi connectivity index (χ0v) is 13.6. The van der Waals surface area contributed by atoms with Gasteiger partial charge in [-0.15, -0.1) is 0 Å². The van der Waals surface area contributed by atoms with Gasteiger partial charge >= 0.3 is 0 Å². The largest absolute Gasteiger partial charge is 0.507 e. The molecule has 4 bridgehead atoms. The molecule has 0 radical (unpaired) electrons. The Labute approximate surface area is 145 Å². The van der Waals surface area contributed by atoms with Crippen LogP contribution in [0, 0.1) is 0 Å². The van der Waals surface area contributed by atoms with Crippen LogP contribution in [0.2, 0.25) is 0 Å². The molecule has 0 saturated carbocycles. The Hall–Kier alpha value is -2.12. The molecule has 6 N–H and O–H groups in total. The van der Waals surface area contributed by atoms with Crippen LogP contribution < -0.4 is 0 Å². The second kappa shape index (κ2) is 7.01. The molecule has 134 valence electrons. The van der Waals surface area contributed by atoms with Crippen molar-refractivity contribution >= 4 is 0 Å². The summed E-state index contributed by atoms with van der Waals surface area (Å²) >= 11 is 0. The van der Waals surface area contributed by atoms with Crippen molar-refractivity contribution in [3.05, 3.63) is 47.5 Å². The lowest BCUT2D eigenvalue weighted by molar-refractivity contribution is -0.0469. The van der Waals surface area contributed by atoms with Gasteiger partial charge in [-0.25, -0.2) is 0 Å². The van der Waals surface area contributed by atoms with Crippen LogP contribution in [0.1, 0.15) is 17.5 Å². The van der Waals surface area contributed by atoms with E-state index in [1.165, 1.54) is 12.1 Å². The minimum Gasteiger partial charge on any atom is -0.507 e. The molecule has 2 aromatic carbocycles. The zero-order chi connectivity index (χ0) is 18.1. The van der Waals surface area contributed by atoms with Crippen molar-refractivity contribution < 1.29 is 30.6 Å². The van der Waals surface area contributed by atoms with Crippen LogP contribution >= 0.6 is 0 Å². The lowest BCUT2D eigenvalue weighted by Crippen LogP contribution is -2.37. The Kier molecular flexibility index (Phi) is 4.96. The molecule has 0 fully saturated rings. The maximum Gasteiger partial charge on any atom is 0.123 e. The van der Waals surface area contributed by atoms with Gasteiger partial charge in [-0.3, -0.25) is 0 Å². The highest BCUT2D eigenvalue weighted by atomic mass is 16.3. The minimum atomic E-state index is -1.20. The summed E-state index contributed by atoms with van der Waals surface area (Å²) in [6, 6.07) is 9.49. The second-order valence-electron chi connectivity index (χ2n) is 6.62. The molecule has 25 heavy (non-hydrogen) atoms. The molecular weight excluding hydrogens is 324 g/mol. The van der Waals surface area contributed by atoms with Crippen molar-refractivity contribution in [2.24, 2.45) is 0 Å². The summed E-state index contributed by atoms with van der Waals surface area (Å²) in [6.45, 7) is 0. The summed E-state index contributed by atoms with van der Waals surface area (Å²) < 4.78 is 0. The van der Waals surface area contributed by atoms with Crippen LogP contribution in [-0.4, -0.2) is 55.1 Å². The Morgan fingerprint density at radius 1 is 0.600 bits per heavy atom. The maximum absolute atomic E-state index is 10.2. The first-order valence-electron chi connectivity index (χ1n) is 8.21. The average Bonchev–Trinajstić information content (AvgIpc) is 2.57. The van der Waals surface area contributed by atoms with Gasteiger partial charge in [-0.05, 0) is 35.4 Å². The van der Waals surface area contributed by atoms with Gasteiger partial charge in [0.1, 0.15) is 11.5 Å². The highest BCUT2D eigenvalue weighted by molar-refractivity contribution is 5.76. The monoisotopic (exact) mass is 346 g/mol. The molecule has 3 rings (SSSR count). The molecule has 0 heterocycles. The maximum atomic E-state index is 10.2. The minimum absolute atomic E-state index is 0.0262. The van der Waals surface area contributed by atoms with Gasteiger partial charge < -0.3 is 30.6 Å². The molecule has 1 aliphatic carbocycles. The number of rotatable bonds is 0. The molecule has 0 saturated heterocycles. The summed E-state index contributed by atoms with van der Waals surface area (Å²) in [4.78, 5) is 0. The summed E-state index contributed by atoms with van der Waals surface area (Å²) in [6.07, 6.45) is -4.58. The van der Waals surface area contributed by atoms with E-state index in [4.69, 9.17) is 0 Å². The number of hydrogen-bond donors (Lipinski definition) is 6. The molecule has 4 atom stereocenters. The second-order valence-corrected chi connectivity index (χ2v) is 6.62. The topological polar surface area (TPSA) is 121 Å². The third-order valence-electron chi connectivity index (χ3n) is 4.67. The Balaban J connectivity index is 2.12. The van der Waals surface area contributed by atoms with E-state index in [9.17, 15) is 30.6 Å². The Bertz CT molecular complexity index is 696. The highest BCUT2D eigenvalue weighted by Gasteiger charge is 2.26. The SMILES string of the molecule is Oc1ccc2cc1-c1cc(ccc1O)C[C@H](O)[C@H](O)C[C@@H](O)[C@@H](O)C2. The molecule has 6 heteroatoms. The highest BCUT2D eigenvalue weighted by Crippen LogP contribution is 2.37. The lowest BCUT2D eigenvalue weighted by atomic mass is 9.96. The predicted octanol–water partition coefficient (Wildman–Crippen LogP) is 0.697. The van der Waals surface area contributed by atoms with Crippen LogP contribution in [0.3, 0.4) is 0 Å². The van der Waals surface area contributed by atoms with Crippen molar-refractivity contribution in [2.75, 3.05) is 0 Å². The summed E-state index contributed by atoms with van der Waals surface area (Å²) in [5.74, 6) is -0.0524. The number of aliphatic hydroxyl groups excluding tert-OH is 4. The van der Waals surface area contributed by atoms with E-state index in [1.807, 2.05) is 0 Å². The Morgan fingerprint density at radius 3 is 1.40 bits per heavy atom. The zero-order valence-electron chi connectivity index (χ0n) is 13.6. The van der Waals surface area contributed by atoms with Crippen molar-refractivity contribution in [3.8, 4) is 22.6 Å².